The third-order valence-corrected chi connectivity index (χ3v) is 6.71. The lowest BCUT2D eigenvalue weighted by molar-refractivity contribution is -0.135. The SMILES string of the molecule is Cc1ncc(-c2ccc3cnc(CC(=O)N4[C@@H]5CC[C@H]4CC(CCCF)C5)nc3c2)o1. The molecular weight excluding hydrogens is 395 g/mol. The summed E-state index contributed by atoms with van der Waals surface area (Å²) in [6.45, 7) is 1.57. The molecule has 2 aliphatic heterocycles. The molecule has 4 heterocycles. The van der Waals surface area contributed by atoms with Gasteiger partial charge in [0.2, 0.25) is 5.91 Å². The van der Waals surface area contributed by atoms with Crippen LogP contribution in [0.2, 0.25) is 0 Å². The van der Waals surface area contributed by atoms with Gasteiger partial charge in [0, 0.05) is 36.2 Å². The van der Waals surface area contributed by atoms with Crippen LogP contribution in [-0.2, 0) is 11.2 Å². The molecule has 2 fully saturated rings. The number of carbonyl (C=O) groups excluding carboxylic acids is 1. The third-order valence-electron chi connectivity index (χ3n) is 6.71. The zero-order valence-electron chi connectivity index (χ0n) is 17.8. The predicted molar refractivity (Wildman–Crippen MR) is 115 cm³/mol. The van der Waals surface area contributed by atoms with E-state index in [1.807, 2.05) is 25.1 Å². The van der Waals surface area contributed by atoms with E-state index < -0.39 is 0 Å². The van der Waals surface area contributed by atoms with Crippen LogP contribution in [0.1, 0.15) is 50.2 Å². The molecule has 31 heavy (non-hydrogen) atoms. The summed E-state index contributed by atoms with van der Waals surface area (Å²) in [5.74, 6) is 2.52. The molecule has 2 aliphatic rings. The van der Waals surface area contributed by atoms with Crippen LogP contribution in [0.3, 0.4) is 0 Å². The van der Waals surface area contributed by atoms with Gasteiger partial charge in [-0.15, -0.1) is 0 Å². The van der Waals surface area contributed by atoms with E-state index >= 15 is 0 Å². The summed E-state index contributed by atoms with van der Waals surface area (Å²) in [5, 5.41) is 0.921. The second-order valence-corrected chi connectivity index (χ2v) is 8.83. The van der Waals surface area contributed by atoms with Crippen molar-refractivity contribution >= 4 is 16.8 Å². The van der Waals surface area contributed by atoms with Crippen molar-refractivity contribution in [1.29, 1.82) is 0 Å². The number of benzene rings is 1. The Balaban J connectivity index is 1.31. The van der Waals surface area contributed by atoms with E-state index in [0.717, 1.165) is 48.6 Å². The van der Waals surface area contributed by atoms with Crippen LogP contribution in [-0.4, -0.2) is 44.5 Å². The Labute approximate surface area is 180 Å². The lowest BCUT2D eigenvalue weighted by Gasteiger charge is -2.39. The van der Waals surface area contributed by atoms with Crippen LogP contribution in [0, 0.1) is 12.8 Å². The minimum absolute atomic E-state index is 0.109. The number of carbonyl (C=O) groups is 1. The smallest absolute Gasteiger partial charge is 0.230 e. The highest BCUT2D eigenvalue weighted by molar-refractivity contribution is 5.84. The van der Waals surface area contributed by atoms with Gasteiger partial charge < -0.3 is 9.32 Å². The largest absolute Gasteiger partial charge is 0.441 e. The number of rotatable bonds is 6. The molecule has 0 spiro atoms. The van der Waals surface area contributed by atoms with Crippen LogP contribution >= 0.6 is 0 Å². The van der Waals surface area contributed by atoms with E-state index in [1.54, 1.807) is 12.4 Å². The summed E-state index contributed by atoms with van der Waals surface area (Å²) < 4.78 is 18.2. The second kappa shape index (κ2) is 8.36. The maximum Gasteiger partial charge on any atom is 0.230 e. The first-order valence-electron chi connectivity index (χ1n) is 11.2. The summed E-state index contributed by atoms with van der Waals surface area (Å²) in [5.41, 5.74) is 1.69. The molecule has 1 unspecified atom stereocenters. The van der Waals surface area contributed by atoms with Crippen LogP contribution in [0.15, 0.2) is 35.0 Å². The highest BCUT2D eigenvalue weighted by Crippen LogP contribution is 2.40. The topological polar surface area (TPSA) is 72.1 Å². The molecule has 0 saturated carbocycles. The zero-order chi connectivity index (χ0) is 21.4. The summed E-state index contributed by atoms with van der Waals surface area (Å²) in [4.78, 5) is 28.5. The molecule has 2 saturated heterocycles. The summed E-state index contributed by atoms with van der Waals surface area (Å²) in [6, 6.07) is 6.44. The molecule has 1 aromatic carbocycles. The van der Waals surface area contributed by atoms with Gasteiger partial charge in [-0.25, -0.2) is 15.0 Å². The van der Waals surface area contributed by atoms with Gasteiger partial charge in [-0.1, -0.05) is 12.1 Å². The number of amides is 1. The highest BCUT2D eigenvalue weighted by Gasteiger charge is 2.42. The number of hydrogen-bond donors (Lipinski definition) is 0. The quantitative estimate of drug-likeness (QED) is 0.578. The fourth-order valence-electron chi connectivity index (χ4n) is 5.32. The maximum atomic E-state index is 13.1. The van der Waals surface area contributed by atoms with Gasteiger partial charge in [0.1, 0.15) is 5.82 Å². The van der Waals surface area contributed by atoms with E-state index in [4.69, 9.17) is 4.42 Å². The molecular formula is C24H27FN4O2. The first kappa shape index (κ1) is 20.1. The van der Waals surface area contributed by atoms with E-state index in [0.29, 0.717) is 29.8 Å². The van der Waals surface area contributed by atoms with Gasteiger partial charge in [0.05, 0.1) is 24.8 Å². The normalized spacial score (nSPS) is 22.9. The number of aryl methyl sites for hydroxylation is 1. The molecule has 2 bridgehead atoms. The van der Waals surface area contributed by atoms with Crippen molar-refractivity contribution in [3.63, 3.8) is 0 Å². The molecule has 7 heteroatoms. The van der Waals surface area contributed by atoms with Gasteiger partial charge in [-0.2, -0.15) is 0 Å². The van der Waals surface area contributed by atoms with Crippen LogP contribution < -0.4 is 0 Å². The first-order valence-corrected chi connectivity index (χ1v) is 11.2. The average Bonchev–Trinajstić information content (AvgIpc) is 3.32. The van der Waals surface area contributed by atoms with Crippen LogP contribution in [0.25, 0.3) is 22.2 Å². The molecule has 5 rings (SSSR count). The van der Waals surface area contributed by atoms with Crippen LogP contribution in [0.5, 0.6) is 0 Å². The maximum absolute atomic E-state index is 13.1. The van der Waals surface area contributed by atoms with E-state index in [1.165, 1.54) is 0 Å². The first-order chi connectivity index (χ1) is 15.1. The monoisotopic (exact) mass is 422 g/mol. The number of oxazole rings is 1. The predicted octanol–water partition coefficient (Wildman–Crippen LogP) is 4.66. The number of nitrogens with zero attached hydrogens (tertiary/aromatic N) is 4. The number of piperidine rings is 1. The van der Waals surface area contributed by atoms with Gasteiger partial charge in [0.25, 0.3) is 0 Å². The van der Waals surface area contributed by atoms with E-state index in [9.17, 15) is 9.18 Å². The number of aromatic nitrogens is 3. The Morgan fingerprint density at radius 1 is 1.19 bits per heavy atom. The van der Waals surface area contributed by atoms with Crippen molar-refractivity contribution in [2.75, 3.05) is 6.67 Å². The Bertz CT molecular complexity index is 1080. The lowest BCUT2D eigenvalue weighted by atomic mass is 9.87. The van der Waals surface area contributed by atoms with E-state index in [-0.39, 0.29) is 31.1 Å². The molecule has 162 valence electrons. The van der Waals surface area contributed by atoms with Crippen molar-refractivity contribution in [2.24, 2.45) is 5.92 Å². The Kier molecular flexibility index (Phi) is 5.42. The second-order valence-electron chi connectivity index (χ2n) is 8.83. The number of halogens is 1. The van der Waals surface area contributed by atoms with Crippen molar-refractivity contribution in [1.82, 2.24) is 19.9 Å². The Morgan fingerprint density at radius 3 is 2.71 bits per heavy atom. The minimum Gasteiger partial charge on any atom is -0.441 e. The summed E-state index contributed by atoms with van der Waals surface area (Å²) in [6.07, 6.45) is 9.38. The van der Waals surface area contributed by atoms with Gasteiger partial charge >= 0.3 is 0 Å². The average molecular weight is 423 g/mol. The fourth-order valence-corrected chi connectivity index (χ4v) is 5.32. The standard InChI is InChI=1S/C24H27FN4O2/c1-15-26-14-22(31-15)17-4-5-18-13-27-23(28-21(18)11-17)12-24(30)29-19-6-7-20(29)10-16(9-19)3-2-8-25/h4-5,11,13-14,16,19-20H,2-3,6-10,12H2,1H3/t16?,19-,20+. The van der Waals surface area contributed by atoms with Gasteiger partial charge in [-0.05, 0) is 50.5 Å². The Morgan fingerprint density at radius 2 is 2.00 bits per heavy atom. The van der Waals surface area contributed by atoms with Gasteiger partial charge in [-0.3, -0.25) is 9.18 Å². The van der Waals surface area contributed by atoms with Crippen LogP contribution in [0.4, 0.5) is 4.39 Å². The minimum atomic E-state index is -0.245. The fraction of sp³-hybridized carbons (Fsp3) is 0.500. The molecule has 2 aromatic heterocycles. The van der Waals surface area contributed by atoms with Gasteiger partial charge in [0.15, 0.2) is 11.7 Å². The molecule has 0 aliphatic carbocycles. The molecule has 0 radical (unpaired) electrons. The number of alkyl halides is 1. The van der Waals surface area contributed by atoms with Crippen molar-refractivity contribution in [3.05, 3.63) is 42.3 Å². The summed E-state index contributed by atoms with van der Waals surface area (Å²) in [7, 11) is 0. The zero-order valence-corrected chi connectivity index (χ0v) is 17.8. The van der Waals surface area contributed by atoms with E-state index in [2.05, 4.69) is 19.9 Å². The molecule has 0 N–H and O–H groups in total. The summed E-state index contributed by atoms with van der Waals surface area (Å²) >= 11 is 0. The lowest BCUT2D eigenvalue weighted by Crippen LogP contribution is -2.47. The van der Waals surface area contributed by atoms with Crippen molar-refractivity contribution in [2.45, 2.75) is 64.0 Å². The number of hydrogen-bond acceptors (Lipinski definition) is 5. The Hall–Kier alpha value is -2.83. The number of fused-ring (bicyclic) bond motifs is 3. The highest BCUT2D eigenvalue weighted by atomic mass is 19.1. The molecule has 3 atom stereocenters. The molecule has 3 aromatic rings. The third kappa shape index (κ3) is 4.05. The van der Waals surface area contributed by atoms with Crippen molar-refractivity contribution in [3.8, 4) is 11.3 Å². The van der Waals surface area contributed by atoms with Crippen molar-refractivity contribution < 1.29 is 13.6 Å². The molecule has 1 amide bonds. The molecule has 6 nitrogen and oxygen atoms in total.